The Balaban J connectivity index is 1.81. The van der Waals surface area contributed by atoms with Gasteiger partial charge in [0.25, 0.3) is 5.91 Å². The predicted octanol–water partition coefficient (Wildman–Crippen LogP) is 1.11. The smallest absolute Gasteiger partial charge is 0.307 e. The summed E-state index contributed by atoms with van der Waals surface area (Å²) in [5.41, 5.74) is 4.54. The Labute approximate surface area is 145 Å². The molecule has 2 atom stereocenters. The number of carboxylic acid groups (broad SMARTS) is 1. The van der Waals surface area contributed by atoms with E-state index in [1.165, 1.54) is 7.11 Å². The second kappa shape index (κ2) is 8.91. The minimum Gasteiger partial charge on any atom is -0.493 e. The van der Waals surface area contributed by atoms with Gasteiger partial charge in [0.15, 0.2) is 18.1 Å². The molecule has 25 heavy (non-hydrogen) atoms. The van der Waals surface area contributed by atoms with E-state index in [0.717, 1.165) is 12.8 Å². The third-order valence-electron chi connectivity index (χ3n) is 4.17. The van der Waals surface area contributed by atoms with Crippen molar-refractivity contribution in [1.29, 1.82) is 0 Å². The first kappa shape index (κ1) is 18.6. The number of hydrazine groups is 1. The first-order valence-electron chi connectivity index (χ1n) is 8.10. The van der Waals surface area contributed by atoms with Gasteiger partial charge in [0.2, 0.25) is 5.91 Å². The van der Waals surface area contributed by atoms with E-state index in [4.69, 9.17) is 9.47 Å². The topological polar surface area (TPSA) is 114 Å². The first-order chi connectivity index (χ1) is 12.0. The second-order valence-electron chi connectivity index (χ2n) is 5.81. The molecule has 3 N–H and O–H groups in total. The molecular formula is C17H22N2O6. The molecule has 1 unspecified atom stereocenters. The van der Waals surface area contributed by atoms with Crippen molar-refractivity contribution >= 4 is 17.8 Å². The van der Waals surface area contributed by atoms with Gasteiger partial charge >= 0.3 is 5.97 Å². The van der Waals surface area contributed by atoms with Crippen molar-refractivity contribution < 1.29 is 29.0 Å². The SMILES string of the molecule is COc1ccccc1OCC(=O)NNC(=O)C1CCCC[C@@H]1C(=O)O. The van der Waals surface area contributed by atoms with Gasteiger partial charge in [0.1, 0.15) is 0 Å². The molecule has 0 heterocycles. The largest absolute Gasteiger partial charge is 0.493 e. The number of carbonyl (C=O) groups is 3. The summed E-state index contributed by atoms with van der Waals surface area (Å²) in [6, 6.07) is 6.87. The normalized spacial score (nSPS) is 19.6. The molecule has 1 aromatic rings. The number of carboxylic acids is 1. The Bertz CT molecular complexity index is 633. The minimum absolute atomic E-state index is 0.312. The van der Waals surface area contributed by atoms with Crippen LogP contribution in [0.5, 0.6) is 11.5 Å². The molecule has 1 aliphatic carbocycles. The molecule has 0 aromatic heterocycles. The van der Waals surface area contributed by atoms with Crippen LogP contribution >= 0.6 is 0 Å². The molecule has 2 amide bonds. The lowest BCUT2D eigenvalue weighted by atomic mass is 9.79. The lowest BCUT2D eigenvalue weighted by Crippen LogP contribution is -2.49. The number of hydrogen-bond acceptors (Lipinski definition) is 5. The van der Waals surface area contributed by atoms with E-state index in [-0.39, 0.29) is 6.61 Å². The highest BCUT2D eigenvalue weighted by molar-refractivity contribution is 5.87. The third kappa shape index (κ3) is 5.10. The number of rotatable bonds is 6. The highest BCUT2D eigenvalue weighted by Crippen LogP contribution is 2.30. The number of ether oxygens (including phenoxy) is 2. The van der Waals surface area contributed by atoms with Crippen LogP contribution in [0.1, 0.15) is 25.7 Å². The molecule has 0 aliphatic heterocycles. The minimum atomic E-state index is -0.981. The zero-order valence-electron chi connectivity index (χ0n) is 14.0. The summed E-state index contributed by atoms with van der Waals surface area (Å²) in [5, 5.41) is 9.20. The zero-order chi connectivity index (χ0) is 18.2. The van der Waals surface area contributed by atoms with E-state index in [1.807, 2.05) is 0 Å². The molecule has 1 saturated carbocycles. The Morgan fingerprint density at radius 1 is 1.08 bits per heavy atom. The van der Waals surface area contributed by atoms with E-state index in [9.17, 15) is 19.5 Å². The van der Waals surface area contributed by atoms with Crippen LogP contribution in [0, 0.1) is 11.8 Å². The number of hydrogen-bond donors (Lipinski definition) is 3. The molecule has 0 radical (unpaired) electrons. The number of nitrogens with one attached hydrogen (secondary N) is 2. The van der Waals surface area contributed by atoms with Gasteiger partial charge < -0.3 is 14.6 Å². The van der Waals surface area contributed by atoms with Crippen LogP contribution in [0.2, 0.25) is 0 Å². The molecule has 8 nitrogen and oxygen atoms in total. The summed E-state index contributed by atoms with van der Waals surface area (Å²) in [4.78, 5) is 35.2. The molecule has 0 saturated heterocycles. The molecule has 1 aromatic carbocycles. The Morgan fingerprint density at radius 3 is 2.36 bits per heavy atom. The van der Waals surface area contributed by atoms with Crippen molar-refractivity contribution in [2.75, 3.05) is 13.7 Å². The van der Waals surface area contributed by atoms with Gasteiger partial charge in [-0.2, -0.15) is 0 Å². The molecule has 136 valence electrons. The summed E-state index contributed by atoms with van der Waals surface area (Å²) >= 11 is 0. The van der Waals surface area contributed by atoms with Crippen LogP contribution in [0.25, 0.3) is 0 Å². The highest BCUT2D eigenvalue weighted by Gasteiger charge is 2.35. The molecule has 1 fully saturated rings. The zero-order valence-corrected chi connectivity index (χ0v) is 14.0. The molecule has 0 spiro atoms. The Morgan fingerprint density at radius 2 is 1.72 bits per heavy atom. The van der Waals surface area contributed by atoms with Crippen LogP contribution in [0.4, 0.5) is 0 Å². The number of aliphatic carboxylic acids is 1. The maximum Gasteiger partial charge on any atom is 0.307 e. The fourth-order valence-electron chi connectivity index (χ4n) is 2.88. The van der Waals surface area contributed by atoms with Gasteiger partial charge in [-0.15, -0.1) is 0 Å². The molecule has 8 heteroatoms. The average molecular weight is 350 g/mol. The molecule has 2 rings (SSSR count). The maximum atomic E-state index is 12.1. The predicted molar refractivity (Wildman–Crippen MR) is 87.9 cm³/mol. The van der Waals surface area contributed by atoms with E-state index in [1.54, 1.807) is 24.3 Å². The van der Waals surface area contributed by atoms with E-state index >= 15 is 0 Å². The van der Waals surface area contributed by atoms with Crippen molar-refractivity contribution in [3.63, 3.8) is 0 Å². The highest BCUT2D eigenvalue weighted by atomic mass is 16.5. The molecular weight excluding hydrogens is 328 g/mol. The van der Waals surface area contributed by atoms with Crippen molar-refractivity contribution in [1.82, 2.24) is 10.9 Å². The number of amides is 2. The van der Waals surface area contributed by atoms with Crippen molar-refractivity contribution in [3.05, 3.63) is 24.3 Å². The van der Waals surface area contributed by atoms with Crippen molar-refractivity contribution in [2.45, 2.75) is 25.7 Å². The van der Waals surface area contributed by atoms with E-state index in [0.29, 0.717) is 24.3 Å². The fraction of sp³-hybridized carbons (Fsp3) is 0.471. The van der Waals surface area contributed by atoms with Crippen molar-refractivity contribution in [3.8, 4) is 11.5 Å². The van der Waals surface area contributed by atoms with Crippen LogP contribution in [0.15, 0.2) is 24.3 Å². The number of carbonyl (C=O) groups excluding carboxylic acids is 2. The lowest BCUT2D eigenvalue weighted by molar-refractivity contribution is -0.149. The number of benzene rings is 1. The van der Waals surface area contributed by atoms with Crippen LogP contribution in [-0.2, 0) is 14.4 Å². The summed E-state index contributed by atoms with van der Waals surface area (Å²) in [5.74, 6) is -2.47. The summed E-state index contributed by atoms with van der Waals surface area (Å²) in [7, 11) is 1.49. The van der Waals surface area contributed by atoms with Crippen LogP contribution in [-0.4, -0.2) is 36.6 Å². The van der Waals surface area contributed by atoms with Gasteiger partial charge in [-0.25, -0.2) is 0 Å². The summed E-state index contributed by atoms with van der Waals surface area (Å²) in [6.45, 7) is -0.312. The number of methoxy groups -OCH3 is 1. The number of para-hydroxylation sites is 2. The van der Waals surface area contributed by atoms with Gasteiger partial charge in [-0.05, 0) is 25.0 Å². The van der Waals surface area contributed by atoms with E-state index in [2.05, 4.69) is 10.9 Å². The van der Waals surface area contributed by atoms with Gasteiger partial charge in [0.05, 0.1) is 18.9 Å². The van der Waals surface area contributed by atoms with Crippen molar-refractivity contribution in [2.24, 2.45) is 11.8 Å². The van der Waals surface area contributed by atoms with Crippen LogP contribution < -0.4 is 20.3 Å². The van der Waals surface area contributed by atoms with E-state index < -0.39 is 29.6 Å². The summed E-state index contributed by atoms with van der Waals surface area (Å²) < 4.78 is 10.5. The fourth-order valence-corrected chi connectivity index (χ4v) is 2.88. The summed E-state index contributed by atoms with van der Waals surface area (Å²) in [6.07, 6.45) is 2.56. The van der Waals surface area contributed by atoms with Crippen LogP contribution in [0.3, 0.4) is 0 Å². The van der Waals surface area contributed by atoms with Gasteiger partial charge in [-0.1, -0.05) is 25.0 Å². The first-order valence-corrected chi connectivity index (χ1v) is 8.10. The molecule has 1 aliphatic rings. The monoisotopic (exact) mass is 350 g/mol. The second-order valence-corrected chi connectivity index (χ2v) is 5.81. The average Bonchev–Trinajstić information content (AvgIpc) is 2.64. The standard InChI is InChI=1S/C17H22N2O6/c1-24-13-8-4-5-9-14(13)25-10-15(20)18-19-16(21)11-6-2-3-7-12(11)17(22)23/h4-5,8-9,11-12H,2-3,6-7,10H2,1H3,(H,18,20)(H,19,21)(H,22,23)/t11?,12-/m0/s1. The Hall–Kier alpha value is -2.77. The van der Waals surface area contributed by atoms with Gasteiger partial charge in [0, 0.05) is 0 Å². The maximum absolute atomic E-state index is 12.1. The molecule has 0 bridgehead atoms. The Kier molecular flexibility index (Phi) is 6.62. The third-order valence-corrected chi connectivity index (χ3v) is 4.17. The van der Waals surface area contributed by atoms with Gasteiger partial charge in [-0.3, -0.25) is 25.2 Å². The quantitative estimate of drug-likeness (QED) is 0.662. The lowest BCUT2D eigenvalue weighted by Gasteiger charge is -2.27.